The van der Waals surface area contributed by atoms with Crippen LogP contribution >= 0.6 is 11.3 Å². The average Bonchev–Trinajstić information content (AvgIpc) is 3.46. The SMILES string of the molecule is CCn1nnc(-c2sc(NC(=O)Cc3ccc(OC)c(OC)c3)nc2-c2ccccc2)n1. The Morgan fingerprint density at radius 3 is 2.56 bits per heavy atom. The van der Waals surface area contributed by atoms with Gasteiger partial charge in [0, 0.05) is 5.56 Å². The van der Waals surface area contributed by atoms with Crippen LogP contribution in [0, 0.1) is 0 Å². The second-order valence-corrected chi connectivity index (χ2v) is 7.78. The fourth-order valence-corrected chi connectivity index (χ4v) is 4.05. The minimum absolute atomic E-state index is 0.167. The van der Waals surface area contributed by atoms with E-state index in [-0.39, 0.29) is 12.3 Å². The van der Waals surface area contributed by atoms with Gasteiger partial charge in [0.15, 0.2) is 16.6 Å². The zero-order valence-corrected chi connectivity index (χ0v) is 18.7. The topological polar surface area (TPSA) is 104 Å². The van der Waals surface area contributed by atoms with Gasteiger partial charge in [0.25, 0.3) is 0 Å². The van der Waals surface area contributed by atoms with Crippen LogP contribution in [0.1, 0.15) is 12.5 Å². The van der Waals surface area contributed by atoms with Gasteiger partial charge in [-0.15, -0.1) is 10.2 Å². The second kappa shape index (κ2) is 9.56. The Morgan fingerprint density at radius 2 is 1.88 bits per heavy atom. The van der Waals surface area contributed by atoms with Crippen molar-refractivity contribution in [3.8, 4) is 33.5 Å². The Kier molecular flexibility index (Phi) is 6.41. The van der Waals surface area contributed by atoms with E-state index in [0.29, 0.717) is 34.7 Å². The van der Waals surface area contributed by atoms with E-state index in [0.717, 1.165) is 16.0 Å². The summed E-state index contributed by atoms with van der Waals surface area (Å²) in [6.07, 6.45) is 0.167. The van der Waals surface area contributed by atoms with Crippen molar-refractivity contribution in [2.75, 3.05) is 19.5 Å². The molecular weight excluding hydrogens is 428 g/mol. The highest BCUT2D eigenvalue weighted by molar-refractivity contribution is 7.19. The largest absolute Gasteiger partial charge is 0.493 e. The van der Waals surface area contributed by atoms with Crippen LogP contribution in [0.3, 0.4) is 0 Å². The van der Waals surface area contributed by atoms with Gasteiger partial charge in [-0.25, -0.2) is 4.98 Å². The van der Waals surface area contributed by atoms with Crippen LogP contribution in [-0.2, 0) is 17.8 Å². The lowest BCUT2D eigenvalue weighted by Crippen LogP contribution is -2.14. The van der Waals surface area contributed by atoms with Crippen LogP contribution in [-0.4, -0.2) is 45.3 Å². The minimum Gasteiger partial charge on any atom is -0.493 e. The summed E-state index contributed by atoms with van der Waals surface area (Å²) < 4.78 is 10.6. The number of carbonyl (C=O) groups excluding carboxylic acids is 1. The Hall–Kier alpha value is -3.79. The number of ether oxygens (including phenoxy) is 2. The number of rotatable bonds is 8. The number of nitrogens with one attached hydrogen (secondary N) is 1. The van der Waals surface area contributed by atoms with Crippen LogP contribution in [0.2, 0.25) is 0 Å². The minimum atomic E-state index is -0.192. The molecule has 4 aromatic rings. The van der Waals surface area contributed by atoms with E-state index in [9.17, 15) is 4.79 Å². The second-order valence-electron chi connectivity index (χ2n) is 6.78. The Labute approximate surface area is 189 Å². The lowest BCUT2D eigenvalue weighted by molar-refractivity contribution is -0.115. The molecule has 0 bridgehead atoms. The molecule has 0 saturated heterocycles. The Morgan fingerprint density at radius 1 is 1.09 bits per heavy atom. The number of nitrogens with zero attached hydrogens (tertiary/aromatic N) is 5. The number of thiazole rings is 1. The van der Waals surface area contributed by atoms with E-state index in [2.05, 4.69) is 25.7 Å². The first-order valence-corrected chi connectivity index (χ1v) is 10.8. The first-order chi connectivity index (χ1) is 15.6. The van der Waals surface area contributed by atoms with E-state index in [1.165, 1.54) is 16.1 Å². The molecule has 0 aliphatic carbocycles. The predicted octanol–water partition coefficient (Wildman–Crippen LogP) is 3.68. The van der Waals surface area contributed by atoms with Gasteiger partial charge in [0.1, 0.15) is 4.88 Å². The molecule has 1 amide bonds. The van der Waals surface area contributed by atoms with Crippen molar-refractivity contribution in [1.29, 1.82) is 0 Å². The molecule has 32 heavy (non-hydrogen) atoms. The van der Waals surface area contributed by atoms with Crippen molar-refractivity contribution < 1.29 is 14.3 Å². The zero-order valence-electron chi connectivity index (χ0n) is 17.9. The number of amides is 1. The molecule has 0 fully saturated rings. The van der Waals surface area contributed by atoms with Gasteiger partial charge < -0.3 is 14.8 Å². The maximum atomic E-state index is 12.7. The van der Waals surface area contributed by atoms with Gasteiger partial charge in [-0.3, -0.25) is 4.79 Å². The monoisotopic (exact) mass is 450 g/mol. The van der Waals surface area contributed by atoms with Crippen LogP contribution in [0.25, 0.3) is 22.0 Å². The van der Waals surface area contributed by atoms with Gasteiger partial charge in [-0.1, -0.05) is 47.7 Å². The van der Waals surface area contributed by atoms with Crippen molar-refractivity contribution in [2.45, 2.75) is 19.9 Å². The summed E-state index contributed by atoms with van der Waals surface area (Å²) in [7, 11) is 3.13. The third kappa shape index (κ3) is 4.59. The molecule has 0 radical (unpaired) electrons. The number of benzene rings is 2. The number of methoxy groups -OCH3 is 2. The fourth-order valence-electron chi connectivity index (χ4n) is 3.12. The smallest absolute Gasteiger partial charge is 0.230 e. The molecule has 2 aromatic heterocycles. The standard InChI is InChI=1S/C22H22N6O3S/c1-4-28-26-21(25-27-28)20-19(15-8-6-5-7-9-15)24-22(32-20)23-18(29)13-14-10-11-16(30-2)17(12-14)31-3/h5-12H,4,13H2,1-3H3,(H,23,24,29). The summed E-state index contributed by atoms with van der Waals surface area (Å²) in [6, 6.07) is 15.1. The number of aromatic nitrogens is 5. The number of anilines is 1. The van der Waals surface area contributed by atoms with Crippen LogP contribution in [0.15, 0.2) is 48.5 Å². The lowest BCUT2D eigenvalue weighted by atomic mass is 10.1. The summed E-state index contributed by atoms with van der Waals surface area (Å²) >= 11 is 1.32. The summed E-state index contributed by atoms with van der Waals surface area (Å²) in [5.74, 6) is 1.47. The number of hydrogen-bond acceptors (Lipinski definition) is 8. The zero-order chi connectivity index (χ0) is 22.5. The molecule has 0 spiro atoms. The van der Waals surface area contributed by atoms with Crippen LogP contribution in [0.4, 0.5) is 5.13 Å². The molecule has 10 heteroatoms. The van der Waals surface area contributed by atoms with Gasteiger partial charge >= 0.3 is 0 Å². The van der Waals surface area contributed by atoms with Crippen molar-refractivity contribution >= 4 is 22.4 Å². The summed E-state index contributed by atoms with van der Waals surface area (Å²) in [5.41, 5.74) is 2.41. The van der Waals surface area contributed by atoms with Gasteiger partial charge in [-0.2, -0.15) is 4.80 Å². The predicted molar refractivity (Wildman–Crippen MR) is 122 cm³/mol. The van der Waals surface area contributed by atoms with Gasteiger partial charge in [0.05, 0.1) is 32.9 Å². The molecule has 2 heterocycles. The number of hydrogen-bond donors (Lipinski definition) is 1. The van der Waals surface area contributed by atoms with E-state index >= 15 is 0 Å². The first-order valence-electron chi connectivity index (χ1n) is 9.96. The fraction of sp³-hybridized carbons (Fsp3) is 0.227. The quantitative estimate of drug-likeness (QED) is 0.437. The molecule has 164 valence electrons. The highest BCUT2D eigenvalue weighted by Gasteiger charge is 2.20. The van der Waals surface area contributed by atoms with Crippen molar-refractivity contribution in [3.05, 3.63) is 54.1 Å². The Balaban J connectivity index is 1.59. The van der Waals surface area contributed by atoms with Crippen LogP contribution < -0.4 is 14.8 Å². The van der Waals surface area contributed by atoms with Crippen LogP contribution in [0.5, 0.6) is 11.5 Å². The maximum Gasteiger partial charge on any atom is 0.230 e. The molecule has 0 saturated carbocycles. The summed E-state index contributed by atoms with van der Waals surface area (Å²) in [5, 5.41) is 16.0. The molecule has 0 aliphatic rings. The van der Waals surface area contributed by atoms with Crippen molar-refractivity contribution in [3.63, 3.8) is 0 Å². The third-order valence-corrected chi connectivity index (χ3v) is 5.64. The highest BCUT2D eigenvalue weighted by atomic mass is 32.1. The van der Waals surface area contributed by atoms with Gasteiger partial charge in [-0.05, 0) is 29.8 Å². The number of carbonyl (C=O) groups is 1. The Bertz CT molecular complexity index is 1220. The summed E-state index contributed by atoms with van der Waals surface area (Å²) in [4.78, 5) is 19.6. The molecule has 0 aliphatic heterocycles. The molecule has 9 nitrogen and oxygen atoms in total. The molecule has 2 aromatic carbocycles. The summed E-state index contributed by atoms with van der Waals surface area (Å²) in [6.45, 7) is 2.55. The van der Waals surface area contributed by atoms with Crippen molar-refractivity contribution in [2.24, 2.45) is 0 Å². The number of tetrazole rings is 1. The highest BCUT2D eigenvalue weighted by Crippen LogP contribution is 2.37. The molecular formula is C22H22N6O3S. The van der Waals surface area contributed by atoms with E-state index < -0.39 is 0 Å². The average molecular weight is 451 g/mol. The van der Waals surface area contributed by atoms with Crippen molar-refractivity contribution in [1.82, 2.24) is 25.2 Å². The normalized spacial score (nSPS) is 10.7. The molecule has 0 atom stereocenters. The molecule has 1 N–H and O–H groups in total. The van der Waals surface area contributed by atoms with E-state index in [1.807, 2.05) is 43.3 Å². The van der Waals surface area contributed by atoms with Gasteiger partial charge in [0.2, 0.25) is 11.7 Å². The lowest BCUT2D eigenvalue weighted by Gasteiger charge is -2.09. The maximum absolute atomic E-state index is 12.7. The molecule has 0 unspecified atom stereocenters. The first kappa shape index (κ1) is 21.4. The number of aryl methyl sites for hydroxylation is 1. The van der Waals surface area contributed by atoms with E-state index in [1.54, 1.807) is 26.4 Å². The van der Waals surface area contributed by atoms with E-state index in [4.69, 9.17) is 9.47 Å². The molecule has 4 rings (SSSR count). The third-order valence-electron chi connectivity index (χ3n) is 4.67.